The van der Waals surface area contributed by atoms with Gasteiger partial charge in [0.2, 0.25) is 0 Å². The van der Waals surface area contributed by atoms with E-state index in [4.69, 9.17) is 5.73 Å². The number of nitrogens with zero attached hydrogens (tertiary/aromatic N) is 2. The Morgan fingerprint density at radius 1 is 1.82 bits per heavy atom. The van der Waals surface area contributed by atoms with Crippen LogP contribution in [0.3, 0.4) is 0 Å². The van der Waals surface area contributed by atoms with Gasteiger partial charge in [-0.2, -0.15) is 0 Å². The van der Waals surface area contributed by atoms with Crippen molar-refractivity contribution in [2.24, 2.45) is 12.8 Å². The monoisotopic (exact) mass is 151 g/mol. The zero-order valence-electron chi connectivity index (χ0n) is 6.75. The third-order valence-corrected chi connectivity index (χ3v) is 1.58. The van der Waals surface area contributed by atoms with E-state index in [0.717, 1.165) is 17.8 Å². The van der Waals surface area contributed by atoms with Gasteiger partial charge in [0.25, 0.3) is 0 Å². The van der Waals surface area contributed by atoms with Crippen molar-refractivity contribution in [1.82, 2.24) is 9.55 Å². The molecule has 0 radical (unpaired) electrons. The molecule has 1 aromatic heterocycles. The van der Waals surface area contributed by atoms with Crippen molar-refractivity contribution in [3.8, 4) is 0 Å². The Morgan fingerprint density at radius 3 is 3.00 bits per heavy atom. The van der Waals surface area contributed by atoms with Crippen LogP contribution in [-0.2, 0) is 7.05 Å². The number of hydrogen-bond donors (Lipinski definition) is 1. The first-order valence-corrected chi connectivity index (χ1v) is 3.61. The molecule has 0 saturated heterocycles. The summed E-state index contributed by atoms with van der Waals surface area (Å²) in [5.74, 6) is 0.926. The van der Waals surface area contributed by atoms with Gasteiger partial charge in [0, 0.05) is 19.4 Å². The number of nitrogens with two attached hydrogens (primary N) is 1. The molecule has 1 aromatic rings. The maximum atomic E-state index is 5.39. The summed E-state index contributed by atoms with van der Waals surface area (Å²) < 4.78 is 1.94. The van der Waals surface area contributed by atoms with Gasteiger partial charge in [0.15, 0.2) is 0 Å². The van der Waals surface area contributed by atoms with Crippen LogP contribution in [0.5, 0.6) is 0 Å². The van der Waals surface area contributed by atoms with E-state index in [-0.39, 0.29) is 0 Å². The van der Waals surface area contributed by atoms with Crippen molar-refractivity contribution >= 4 is 5.57 Å². The number of hydrogen-bond acceptors (Lipinski definition) is 2. The Hall–Kier alpha value is -1.09. The van der Waals surface area contributed by atoms with E-state index in [9.17, 15) is 0 Å². The van der Waals surface area contributed by atoms with Gasteiger partial charge in [-0.1, -0.05) is 6.58 Å². The molecule has 1 heterocycles. The second-order valence-corrected chi connectivity index (χ2v) is 2.50. The van der Waals surface area contributed by atoms with Crippen molar-refractivity contribution in [3.63, 3.8) is 0 Å². The van der Waals surface area contributed by atoms with Gasteiger partial charge >= 0.3 is 0 Å². The average Bonchev–Trinajstić information content (AvgIpc) is 2.36. The van der Waals surface area contributed by atoms with E-state index in [1.165, 1.54) is 0 Å². The number of imidazole rings is 1. The fraction of sp³-hybridized carbons (Fsp3) is 0.375. The number of aryl methyl sites for hydroxylation is 1. The smallest absolute Gasteiger partial charge is 0.134 e. The Labute approximate surface area is 66.5 Å². The fourth-order valence-corrected chi connectivity index (χ4v) is 0.992. The van der Waals surface area contributed by atoms with E-state index in [0.29, 0.717) is 6.54 Å². The van der Waals surface area contributed by atoms with Gasteiger partial charge < -0.3 is 10.3 Å². The van der Waals surface area contributed by atoms with E-state index < -0.39 is 0 Å². The molecule has 0 spiro atoms. The lowest BCUT2D eigenvalue weighted by atomic mass is 10.2. The predicted molar refractivity (Wildman–Crippen MR) is 45.9 cm³/mol. The number of aromatic nitrogens is 2. The second kappa shape index (κ2) is 3.34. The molecule has 0 amide bonds. The summed E-state index contributed by atoms with van der Waals surface area (Å²) in [6.45, 7) is 4.52. The summed E-state index contributed by atoms with van der Waals surface area (Å²) in [6.07, 6.45) is 4.47. The minimum Gasteiger partial charge on any atom is -0.334 e. The molecule has 0 aliphatic rings. The molecule has 0 aromatic carbocycles. The molecule has 3 heteroatoms. The van der Waals surface area contributed by atoms with E-state index in [2.05, 4.69) is 11.6 Å². The average molecular weight is 151 g/mol. The van der Waals surface area contributed by atoms with Crippen molar-refractivity contribution in [1.29, 1.82) is 0 Å². The van der Waals surface area contributed by atoms with Gasteiger partial charge in [-0.15, -0.1) is 0 Å². The Morgan fingerprint density at radius 2 is 2.55 bits per heavy atom. The van der Waals surface area contributed by atoms with Crippen LogP contribution >= 0.6 is 0 Å². The molecule has 0 unspecified atom stereocenters. The van der Waals surface area contributed by atoms with Crippen molar-refractivity contribution in [3.05, 3.63) is 24.8 Å². The van der Waals surface area contributed by atoms with Crippen LogP contribution in [0.4, 0.5) is 0 Å². The minimum absolute atomic E-state index is 0.631. The standard InChI is InChI=1S/C8H13N3/c1-7(3-4-9)8-10-5-6-11(8)2/h5-6H,1,3-4,9H2,2H3. The van der Waals surface area contributed by atoms with E-state index in [1.807, 2.05) is 17.8 Å². The summed E-state index contributed by atoms with van der Waals surface area (Å²) in [6, 6.07) is 0. The maximum absolute atomic E-state index is 5.39. The van der Waals surface area contributed by atoms with Crippen LogP contribution in [0.25, 0.3) is 5.57 Å². The lowest BCUT2D eigenvalue weighted by molar-refractivity contribution is 0.873. The molecule has 11 heavy (non-hydrogen) atoms. The molecular formula is C8H13N3. The first-order valence-electron chi connectivity index (χ1n) is 3.61. The van der Waals surface area contributed by atoms with E-state index in [1.54, 1.807) is 6.20 Å². The van der Waals surface area contributed by atoms with Gasteiger partial charge in [0.05, 0.1) is 0 Å². The maximum Gasteiger partial charge on any atom is 0.134 e. The van der Waals surface area contributed by atoms with Crippen LogP contribution < -0.4 is 5.73 Å². The van der Waals surface area contributed by atoms with Crippen LogP contribution in [0.1, 0.15) is 12.2 Å². The quantitative estimate of drug-likeness (QED) is 0.693. The van der Waals surface area contributed by atoms with Gasteiger partial charge in [-0.05, 0) is 18.5 Å². The van der Waals surface area contributed by atoms with Crippen molar-refractivity contribution < 1.29 is 0 Å². The molecule has 2 N–H and O–H groups in total. The molecular weight excluding hydrogens is 138 g/mol. The van der Waals surface area contributed by atoms with E-state index >= 15 is 0 Å². The topological polar surface area (TPSA) is 43.8 Å². The molecule has 0 atom stereocenters. The first kappa shape index (κ1) is 8.01. The summed E-state index contributed by atoms with van der Waals surface area (Å²) in [5.41, 5.74) is 6.39. The summed E-state index contributed by atoms with van der Waals surface area (Å²) >= 11 is 0. The highest BCUT2D eigenvalue weighted by molar-refractivity contribution is 5.57. The molecule has 1 rings (SSSR count). The van der Waals surface area contributed by atoms with Crippen LogP contribution in [-0.4, -0.2) is 16.1 Å². The lowest BCUT2D eigenvalue weighted by Crippen LogP contribution is -2.02. The zero-order valence-corrected chi connectivity index (χ0v) is 6.75. The predicted octanol–water partition coefficient (Wildman–Crippen LogP) is 0.782. The molecule has 0 aliphatic carbocycles. The third-order valence-electron chi connectivity index (χ3n) is 1.58. The van der Waals surface area contributed by atoms with Crippen LogP contribution in [0, 0.1) is 0 Å². The van der Waals surface area contributed by atoms with Gasteiger partial charge in [-0.25, -0.2) is 4.98 Å². The fourth-order valence-electron chi connectivity index (χ4n) is 0.992. The highest BCUT2D eigenvalue weighted by Gasteiger charge is 2.01. The Bertz CT molecular complexity index is 250. The van der Waals surface area contributed by atoms with Gasteiger partial charge in [0.1, 0.15) is 5.82 Å². The Balaban J connectivity index is 2.76. The van der Waals surface area contributed by atoms with Crippen molar-refractivity contribution in [2.75, 3.05) is 6.54 Å². The summed E-state index contributed by atoms with van der Waals surface area (Å²) in [7, 11) is 1.95. The SMILES string of the molecule is C=C(CCN)c1nccn1C. The zero-order chi connectivity index (χ0) is 8.27. The normalized spacial score (nSPS) is 10.0. The first-order chi connectivity index (χ1) is 5.25. The molecule has 0 aliphatic heterocycles. The molecule has 60 valence electrons. The van der Waals surface area contributed by atoms with Crippen LogP contribution in [0.15, 0.2) is 19.0 Å². The lowest BCUT2D eigenvalue weighted by Gasteiger charge is -2.02. The summed E-state index contributed by atoms with van der Waals surface area (Å²) in [4.78, 5) is 4.14. The second-order valence-electron chi connectivity index (χ2n) is 2.50. The highest BCUT2D eigenvalue weighted by atomic mass is 15.0. The van der Waals surface area contributed by atoms with Gasteiger partial charge in [-0.3, -0.25) is 0 Å². The molecule has 0 fully saturated rings. The van der Waals surface area contributed by atoms with Crippen molar-refractivity contribution in [2.45, 2.75) is 6.42 Å². The molecule has 0 saturated carbocycles. The number of rotatable bonds is 3. The minimum atomic E-state index is 0.631. The molecule has 3 nitrogen and oxygen atoms in total. The summed E-state index contributed by atoms with van der Waals surface area (Å²) in [5, 5.41) is 0. The molecule has 0 bridgehead atoms. The third kappa shape index (κ3) is 1.68. The highest BCUT2D eigenvalue weighted by Crippen LogP contribution is 2.11. The Kier molecular flexibility index (Phi) is 2.44. The largest absolute Gasteiger partial charge is 0.334 e. The van der Waals surface area contributed by atoms with Crippen LogP contribution in [0.2, 0.25) is 0 Å².